The summed E-state index contributed by atoms with van der Waals surface area (Å²) in [7, 11) is 1.35. The minimum atomic E-state index is -0.505. The van der Waals surface area contributed by atoms with Crippen molar-refractivity contribution in [2.45, 2.75) is 40.0 Å². The van der Waals surface area contributed by atoms with Gasteiger partial charge in [-0.25, -0.2) is 0 Å². The zero-order chi connectivity index (χ0) is 11.6. The smallest absolute Gasteiger partial charge is 0.316 e. The van der Waals surface area contributed by atoms with E-state index < -0.39 is 5.92 Å². The molecule has 0 spiro atoms. The Morgan fingerprint density at radius 1 is 1.47 bits per heavy atom. The number of carbonyl (C=O) groups is 2. The van der Waals surface area contributed by atoms with Gasteiger partial charge in [-0.1, -0.05) is 20.8 Å². The number of ether oxygens (including phenoxy) is 1. The molecule has 1 aliphatic rings. The third-order valence-electron chi connectivity index (χ3n) is 2.91. The molecule has 3 heteroatoms. The summed E-state index contributed by atoms with van der Waals surface area (Å²) in [5.74, 6) is -0.637. The van der Waals surface area contributed by atoms with Crippen molar-refractivity contribution in [2.24, 2.45) is 17.3 Å². The van der Waals surface area contributed by atoms with E-state index in [9.17, 15) is 9.59 Å². The topological polar surface area (TPSA) is 43.4 Å². The number of carbonyl (C=O) groups excluding carboxylic acids is 2. The molecule has 0 saturated heterocycles. The highest BCUT2D eigenvalue weighted by Crippen LogP contribution is 2.38. The number of esters is 1. The van der Waals surface area contributed by atoms with E-state index in [4.69, 9.17) is 0 Å². The molecule has 2 atom stereocenters. The quantitative estimate of drug-likeness (QED) is 0.520. The number of rotatable bonds is 2. The summed E-state index contributed by atoms with van der Waals surface area (Å²) in [6.45, 7) is 6.39. The van der Waals surface area contributed by atoms with Gasteiger partial charge in [-0.3, -0.25) is 9.59 Å². The molecule has 0 aliphatic heterocycles. The second kappa shape index (κ2) is 4.33. The summed E-state index contributed by atoms with van der Waals surface area (Å²) in [6.07, 6.45) is 2.26. The molecule has 0 radical (unpaired) electrons. The fourth-order valence-corrected chi connectivity index (χ4v) is 2.37. The van der Waals surface area contributed by atoms with Gasteiger partial charge in [-0.15, -0.1) is 0 Å². The van der Waals surface area contributed by atoms with Crippen LogP contribution < -0.4 is 0 Å². The molecule has 1 saturated carbocycles. The maximum atomic E-state index is 11.6. The van der Waals surface area contributed by atoms with Crippen LogP contribution in [0.3, 0.4) is 0 Å². The molecule has 3 nitrogen and oxygen atoms in total. The third kappa shape index (κ3) is 3.05. The standard InChI is InChI=1S/C12H20O3/c1-12(2,3)7-8-5-6-9(13)10(8)11(14)15-4/h8,10H,5-7H2,1-4H3. The second-order valence-corrected chi connectivity index (χ2v) is 5.53. The summed E-state index contributed by atoms with van der Waals surface area (Å²) >= 11 is 0. The number of ketones is 1. The van der Waals surface area contributed by atoms with E-state index in [2.05, 4.69) is 25.5 Å². The van der Waals surface area contributed by atoms with Crippen LogP contribution in [-0.2, 0) is 14.3 Å². The van der Waals surface area contributed by atoms with E-state index in [0.717, 1.165) is 12.8 Å². The maximum absolute atomic E-state index is 11.6. The highest BCUT2D eigenvalue weighted by molar-refractivity contribution is 6.00. The average molecular weight is 212 g/mol. The lowest BCUT2D eigenvalue weighted by molar-refractivity contribution is -0.150. The Morgan fingerprint density at radius 3 is 2.53 bits per heavy atom. The molecule has 15 heavy (non-hydrogen) atoms. The molecule has 0 bridgehead atoms. The van der Waals surface area contributed by atoms with Gasteiger partial charge in [0.05, 0.1) is 7.11 Å². The van der Waals surface area contributed by atoms with E-state index in [-0.39, 0.29) is 23.1 Å². The first kappa shape index (κ1) is 12.2. The van der Waals surface area contributed by atoms with Crippen molar-refractivity contribution in [3.05, 3.63) is 0 Å². The van der Waals surface area contributed by atoms with Gasteiger partial charge >= 0.3 is 5.97 Å². The zero-order valence-corrected chi connectivity index (χ0v) is 10.0. The minimum Gasteiger partial charge on any atom is -0.468 e. The van der Waals surface area contributed by atoms with Crippen LogP contribution in [-0.4, -0.2) is 18.9 Å². The molecule has 0 heterocycles. The van der Waals surface area contributed by atoms with E-state index in [1.807, 2.05) is 0 Å². The van der Waals surface area contributed by atoms with Gasteiger partial charge in [0, 0.05) is 6.42 Å². The van der Waals surface area contributed by atoms with Crippen molar-refractivity contribution in [3.63, 3.8) is 0 Å². The molecule has 0 amide bonds. The van der Waals surface area contributed by atoms with Gasteiger partial charge in [0.15, 0.2) is 0 Å². The highest BCUT2D eigenvalue weighted by Gasteiger charge is 2.41. The van der Waals surface area contributed by atoms with Crippen molar-refractivity contribution in [2.75, 3.05) is 7.11 Å². The highest BCUT2D eigenvalue weighted by atomic mass is 16.5. The number of Topliss-reactive ketones (excluding diaryl/α,β-unsaturated/α-hetero) is 1. The fourth-order valence-electron chi connectivity index (χ4n) is 2.37. The molecule has 1 rings (SSSR count). The predicted molar refractivity (Wildman–Crippen MR) is 57.3 cm³/mol. The molecule has 1 fully saturated rings. The fraction of sp³-hybridized carbons (Fsp3) is 0.833. The van der Waals surface area contributed by atoms with Gasteiger partial charge in [0.1, 0.15) is 11.7 Å². The van der Waals surface area contributed by atoms with Gasteiger partial charge in [-0.05, 0) is 24.2 Å². The van der Waals surface area contributed by atoms with Crippen LogP contribution in [0.25, 0.3) is 0 Å². The van der Waals surface area contributed by atoms with Crippen molar-refractivity contribution in [1.82, 2.24) is 0 Å². The van der Waals surface area contributed by atoms with Crippen LogP contribution in [0.15, 0.2) is 0 Å². The maximum Gasteiger partial charge on any atom is 0.316 e. The molecular formula is C12H20O3. The van der Waals surface area contributed by atoms with Crippen LogP contribution in [0.2, 0.25) is 0 Å². The Morgan fingerprint density at radius 2 is 2.07 bits per heavy atom. The number of hydrogen-bond donors (Lipinski definition) is 0. The Hall–Kier alpha value is -0.860. The molecular weight excluding hydrogens is 192 g/mol. The largest absolute Gasteiger partial charge is 0.468 e. The zero-order valence-electron chi connectivity index (χ0n) is 10.0. The van der Waals surface area contributed by atoms with Crippen molar-refractivity contribution in [3.8, 4) is 0 Å². The average Bonchev–Trinajstić information content (AvgIpc) is 2.43. The molecule has 0 N–H and O–H groups in total. The van der Waals surface area contributed by atoms with Crippen molar-refractivity contribution >= 4 is 11.8 Å². The Labute approximate surface area is 91.2 Å². The minimum absolute atomic E-state index is 0.0519. The van der Waals surface area contributed by atoms with Crippen LogP contribution in [0.4, 0.5) is 0 Å². The number of methoxy groups -OCH3 is 1. The summed E-state index contributed by atoms with van der Waals surface area (Å²) in [6, 6.07) is 0. The number of hydrogen-bond acceptors (Lipinski definition) is 3. The molecule has 86 valence electrons. The van der Waals surface area contributed by atoms with Gasteiger partial charge in [0.2, 0.25) is 0 Å². The Balaban J connectivity index is 2.72. The molecule has 0 aromatic rings. The summed E-state index contributed by atoms with van der Waals surface area (Å²) in [4.78, 5) is 23.0. The van der Waals surface area contributed by atoms with E-state index in [0.29, 0.717) is 6.42 Å². The normalized spacial score (nSPS) is 26.8. The van der Waals surface area contributed by atoms with Gasteiger partial charge < -0.3 is 4.74 Å². The van der Waals surface area contributed by atoms with Gasteiger partial charge in [0.25, 0.3) is 0 Å². The summed E-state index contributed by atoms with van der Waals surface area (Å²) < 4.78 is 4.69. The molecule has 0 aromatic heterocycles. The van der Waals surface area contributed by atoms with E-state index in [1.165, 1.54) is 7.11 Å². The SMILES string of the molecule is COC(=O)C1C(=O)CCC1CC(C)(C)C. The summed E-state index contributed by atoms with van der Waals surface area (Å²) in [5.41, 5.74) is 0.154. The third-order valence-corrected chi connectivity index (χ3v) is 2.91. The first-order valence-corrected chi connectivity index (χ1v) is 5.45. The Kier molecular flexibility index (Phi) is 3.53. The van der Waals surface area contributed by atoms with E-state index >= 15 is 0 Å². The van der Waals surface area contributed by atoms with E-state index in [1.54, 1.807) is 0 Å². The monoisotopic (exact) mass is 212 g/mol. The first-order valence-electron chi connectivity index (χ1n) is 5.45. The van der Waals surface area contributed by atoms with Crippen molar-refractivity contribution < 1.29 is 14.3 Å². The van der Waals surface area contributed by atoms with Crippen molar-refractivity contribution in [1.29, 1.82) is 0 Å². The lowest BCUT2D eigenvalue weighted by Gasteiger charge is -2.25. The van der Waals surface area contributed by atoms with Crippen LogP contribution >= 0.6 is 0 Å². The second-order valence-electron chi connectivity index (χ2n) is 5.53. The lowest BCUT2D eigenvalue weighted by atomic mass is 9.80. The predicted octanol–water partition coefficient (Wildman–Crippen LogP) is 2.19. The lowest BCUT2D eigenvalue weighted by Crippen LogP contribution is -2.28. The van der Waals surface area contributed by atoms with Crippen LogP contribution in [0.1, 0.15) is 40.0 Å². The van der Waals surface area contributed by atoms with Crippen LogP contribution in [0.5, 0.6) is 0 Å². The first-order chi connectivity index (χ1) is 6.85. The van der Waals surface area contributed by atoms with Crippen LogP contribution in [0, 0.1) is 17.3 Å². The summed E-state index contributed by atoms with van der Waals surface area (Å²) in [5, 5.41) is 0. The molecule has 2 unspecified atom stereocenters. The molecule has 0 aromatic carbocycles. The Bertz CT molecular complexity index is 263. The van der Waals surface area contributed by atoms with Gasteiger partial charge in [-0.2, -0.15) is 0 Å². The molecule has 1 aliphatic carbocycles.